The maximum Gasteiger partial charge on any atom is 0.341 e. The maximum atomic E-state index is 13.2. The Hall–Kier alpha value is -2.63. The lowest BCUT2D eigenvalue weighted by atomic mass is 10.2. The van der Waals surface area contributed by atoms with Crippen LogP contribution < -0.4 is 10.6 Å². The highest BCUT2D eigenvalue weighted by molar-refractivity contribution is 5.95. The summed E-state index contributed by atoms with van der Waals surface area (Å²) in [6.45, 7) is 0.401. The van der Waals surface area contributed by atoms with Gasteiger partial charge in [0.15, 0.2) is 0 Å². The number of hydrogen-bond acceptors (Lipinski definition) is 5. The summed E-state index contributed by atoms with van der Waals surface area (Å²) in [5.41, 5.74) is 7.07. The number of nitrogens with zero attached hydrogens (tertiary/aromatic N) is 2. The Kier molecular flexibility index (Phi) is 4.37. The number of nitrogens with two attached hydrogens (primary N) is 1. The van der Waals surface area contributed by atoms with Gasteiger partial charge in [-0.05, 0) is 23.8 Å². The lowest BCUT2D eigenvalue weighted by molar-refractivity contribution is 0.0601. The minimum atomic E-state index is -0.518. The van der Waals surface area contributed by atoms with Crippen molar-refractivity contribution in [3.63, 3.8) is 0 Å². The summed E-state index contributed by atoms with van der Waals surface area (Å²) >= 11 is 0. The third-order valence-corrected chi connectivity index (χ3v) is 2.96. The fraction of sp³-hybridized carbons (Fsp3) is 0.200. The second-order valence-corrected chi connectivity index (χ2v) is 4.62. The standard InChI is InChI=1S/C15H16FN3O2/c1-19(9-10-4-3-5-11(16)6-10)14-13(15(20)21-2)7-12(17)8-18-14/h3-8H,9,17H2,1-2H3. The number of ether oxygens (including phenoxy) is 1. The van der Waals surface area contributed by atoms with E-state index in [4.69, 9.17) is 10.5 Å². The monoisotopic (exact) mass is 289 g/mol. The van der Waals surface area contributed by atoms with E-state index in [0.717, 1.165) is 5.56 Å². The van der Waals surface area contributed by atoms with Gasteiger partial charge in [-0.3, -0.25) is 0 Å². The van der Waals surface area contributed by atoms with Gasteiger partial charge < -0.3 is 15.4 Å². The summed E-state index contributed by atoms with van der Waals surface area (Å²) in [5, 5.41) is 0. The molecule has 1 aromatic heterocycles. The number of pyridine rings is 1. The zero-order valence-electron chi connectivity index (χ0n) is 11.8. The molecule has 2 N–H and O–H groups in total. The summed E-state index contributed by atoms with van der Waals surface area (Å²) in [6, 6.07) is 7.76. The largest absolute Gasteiger partial charge is 0.465 e. The highest BCUT2D eigenvalue weighted by Crippen LogP contribution is 2.21. The van der Waals surface area contributed by atoms with Gasteiger partial charge in [0.2, 0.25) is 0 Å². The van der Waals surface area contributed by atoms with Gasteiger partial charge in [-0.25, -0.2) is 14.2 Å². The normalized spacial score (nSPS) is 10.2. The van der Waals surface area contributed by atoms with Gasteiger partial charge in [0.25, 0.3) is 0 Å². The molecule has 1 aromatic carbocycles. The number of benzene rings is 1. The maximum absolute atomic E-state index is 13.2. The number of halogens is 1. The molecule has 0 aliphatic rings. The molecule has 1 heterocycles. The number of hydrogen-bond donors (Lipinski definition) is 1. The van der Waals surface area contributed by atoms with Crippen LogP contribution in [-0.2, 0) is 11.3 Å². The Morgan fingerprint density at radius 1 is 1.43 bits per heavy atom. The number of nitrogen functional groups attached to an aromatic ring is 1. The number of esters is 1. The van der Waals surface area contributed by atoms with Crippen molar-refractivity contribution in [2.45, 2.75) is 6.54 Å². The van der Waals surface area contributed by atoms with Crippen molar-refractivity contribution >= 4 is 17.5 Å². The summed E-state index contributed by atoms with van der Waals surface area (Å²) in [5.74, 6) is -0.393. The van der Waals surface area contributed by atoms with Crippen molar-refractivity contribution in [3.8, 4) is 0 Å². The van der Waals surface area contributed by atoms with Crippen LogP contribution in [-0.4, -0.2) is 25.1 Å². The van der Waals surface area contributed by atoms with Crippen LogP contribution in [0.4, 0.5) is 15.9 Å². The first-order chi connectivity index (χ1) is 10.0. The van der Waals surface area contributed by atoms with Crippen LogP contribution in [0.25, 0.3) is 0 Å². The molecule has 0 saturated heterocycles. The van der Waals surface area contributed by atoms with Crippen LogP contribution in [0.3, 0.4) is 0 Å². The molecular weight excluding hydrogens is 273 g/mol. The van der Waals surface area contributed by atoms with Gasteiger partial charge in [-0.2, -0.15) is 0 Å². The third kappa shape index (κ3) is 3.47. The SMILES string of the molecule is COC(=O)c1cc(N)cnc1N(C)Cc1cccc(F)c1. The lowest BCUT2D eigenvalue weighted by Crippen LogP contribution is -2.21. The number of rotatable bonds is 4. The molecule has 21 heavy (non-hydrogen) atoms. The molecule has 0 aliphatic carbocycles. The van der Waals surface area contributed by atoms with Gasteiger partial charge in [0.05, 0.1) is 19.0 Å². The number of methoxy groups -OCH3 is 1. The Morgan fingerprint density at radius 3 is 2.86 bits per heavy atom. The fourth-order valence-electron chi connectivity index (χ4n) is 2.02. The number of aromatic nitrogens is 1. The van der Waals surface area contributed by atoms with Crippen molar-refractivity contribution in [3.05, 3.63) is 53.5 Å². The zero-order chi connectivity index (χ0) is 15.4. The average molecular weight is 289 g/mol. The quantitative estimate of drug-likeness (QED) is 0.874. The van der Waals surface area contributed by atoms with E-state index in [9.17, 15) is 9.18 Å². The molecule has 2 aromatic rings. The van der Waals surface area contributed by atoms with E-state index in [2.05, 4.69) is 4.98 Å². The molecule has 0 unspecified atom stereocenters. The number of carbonyl (C=O) groups is 1. The van der Waals surface area contributed by atoms with Gasteiger partial charge in [-0.15, -0.1) is 0 Å². The summed E-state index contributed by atoms with van der Waals surface area (Å²) in [4.78, 5) is 17.7. The molecule has 6 heteroatoms. The van der Waals surface area contributed by atoms with E-state index in [1.165, 1.54) is 31.5 Å². The van der Waals surface area contributed by atoms with Crippen molar-refractivity contribution in [1.29, 1.82) is 0 Å². The molecule has 5 nitrogen and oxygen atoms in total. The van der Waals surface area contributed by atoms with E-state index in [1.54, 1.807) is 24.1 Å². The molecule has 0 fully saturated rings. The highest BCUT2D eigenvalue weighted by Gasteiger charge is 2.17. The molecule has 110 valence electrons. The molecule has 0 amide bonds. The minimum absolute atomic E-state index is 0.274. The van der Waals surface area contributed by atoms with Gasteiger partial charge in [0, 0.05) is 13.6 Å². The zero-order valence-corrected chi connectivity index (χ0v) is 11.8. The first-order valence-electron chi connectivity index (χ1n) is 6.30. The predicted octanol–water partition coefficient (Wildman–Crippen LogP) is 2.23. The Balaban J connectivity index is 2.30. The molecule has 0 saturated carbocycles. The van der Waals surface area contributed by atoms with Crippen LogP contribution in [0.2, 0.25) is 0 Å². The molecular formula is C15H16FN3O2. The van der Waals surface area contributed by atoms with Crippen LogP contribution in [0.1, 0.15) is 15.9 Å². The molecule has 2 rings (SSSR count). The van der Waals surface area contributed by atoms with E-state index in [0.29, 0.717) is 18.1 Å². The van der Waals surface area contributed by atoms with Crippen LogP contribution >= 0.6 is 0 Å². The summed E-state index contributed by atoms with van der Waals surface area (Å²) < 4.78 is 17.9. The van der Waals surface area contributed by atoms with Gasteiger partial charge in [0.1, 0.15) is 17.2 Å². The first-order valence-corrected chi connectivity index (χ1v) is 6.30. The van der Waals surface area contributed by atoms with Crippen LogP contribution in [0, 0.1) is 5.82 Å². The Morgan fingerprint density at radius 2 is 2.19 bits per heavy atom. The first kappa shape index (κ1) is 14.8. The van der Waals surface area contributed by atoms with E-state index in [-0.39, 0.29) is 11.4 Å². The second-order valence-electron chi connectivity index (χ2n) is 4.62. The predicted molar refractivity (Wildman–Crippen MR) is 78.5 cm³/mol. The molecule has 0 bridgehead atoms. The molecule has 0 spiro atoms. The van der Waals surface area contributed by atoms with Crippen LogP contribution in [0.15, 0.2) is 36.5 Å². The molecule has 0 aliphatic heterocycles. The van der Waals surface area contributed by atoms with Crippen molar-refractivity contribution < 1.29 is 13.9 Å². The van der Waals surface area contributed by atoms with Gasteiger partial charge in [-0.1, -0.05) is 12.1 Å². The van der Waals surface area contributed by atoms with Gasteiger partial charge >= 0.3 is 5.97 Å². The van der Waals surface area contributed by atoms with Crippen molar-refractivity contribution in [1.82, 2.24) is 4.98 Å². The van der Waals surface area contributed by atoms with E-state index >= 15 is 0 Å². The van der Waals surface area contributed by atoms with Crippen molar-refractivity contribution in [2.75, 3.05) is 24.8 Å². The van der Waals surface area contributed by atoms with Crippen LogP contribution in [0.5, 0.6) is 0 Å². The van der Waals surface area contributed by atoms with E-state index < -0.39 is 5.97 Å². The second kappa shape index (κ2) is 6.21. The number of carbonyl (C=O) groups excluding carboxylic acids is 1. The number of anilines is 2. The Labute approximate surface area is 122 Å². The summed E-state index contributed by atoms with van der Waals surface area (Å²) in [7, 11) is 3.05. The fourth-order valence-corrected chi connectivity index (χ4v) is 2.02. The Bertz CT molecular complexity index is 661. The topological polar surface area (TPSA) is 68.5 Å². The summed E-state index contributed by atoms with van der Waals surface area (Å²) in [6.07, 6.45) is 1.46. The van der Waals surface area contributed by atoms with Crippen molar-refractivity contribution in [2.24, 2.45) is 0 Å². The smallest absolute Gasteiger partial charge is 0.341 e. The third-order valence-electron chi connectivity index (χ3n) is 2.96. The highest BCUT2D eigenvalue weighted by atomic mass is 19.1. The molecule has 0 atom stereocenters. The molecule has 0 radical (unpaired) electrons. The van der Waals surface area contributed by atoms with E-state index in [1.807, 2.05) is 0 Å². The minimum Gasteiger partial charge on any atom is -0.465 e. The lowest BCUT2D eigenvalue weighted by Gasteiger charge is -2.20. The average Bonchev–Trinajstić information content (AvgIpc) is 2.46.